The molecule has 0 saturated carbocycles. The molecule has 0 bridgehead atoms. The molecule has 0 aliphatic heterocycles. The maximum Gasteiger partial charge on any atom is -0.0140 e. The Labute approximate surface area is 108 Å². The van der Waals surface area contributed by atoms with E-state index in [0.29, 0.717) is 0 Å². The predicted molar refractivity (Wildman–Crippen MR) is 83.5 cm³/mol. The molecule has 0 heterocycles. The number of hydrogen-bond donors (Lipinski definition) is 0. The Balaban J connectivity index is -0.0000000334. The normalized spacial score (nSPS) is 6.75. The number of hydrogen-bond acceptors (Lipinski definition) is 1. The first-order valence-corrected chi connectivity index (χ1v) is 7.17. The second kappa shape index (κ2) is 60.2. The highest BCUT2D eigenvalue weighted by Gasteiger charge is 1.68. The number of unbranched alkanes of at least 4 members (excludes halogenated alkanes) is 2. The fourth-order valence-electron chi connectivity index (χ4n) is 0.354. The SMILES string of the molecule is CC.CC.CCC.CCCCC.CN(C)C. The molecular weight excluding hydrogens is 194 g/mol. The fraction of sp³-hybridized carbons (Fsp3) is 1.00. The van der Waals surface area contributed by atoms with Crippen LogP contribution in [0.15, 0.2) is 0 Å². The first-order chi connectivity index (χ1) is 7.56. The zero-order valence-electron chi connectivity index (χ0n) is 14.3. The Bertz CT molecular complexity index is 37.9. The van der Waals surface area contributed by atoms with Gasteiger partial charge >= 0.3 is 0 Å². The van der Waals surface area contributed by atoms with Crippen molar-refractivity contribution in [1.29, 1.82) is 0 Å². The van der Waals surface area contributed by atoms with Crippen molar-refractivity contribution < 1.29 is 0 Å². The summed E-state index contributed by atoms with van der Waals surface area (Å²) >= 11 is 0. The second-order valence-corrected chi connectivity index (χ2v) is 3.40. The molecular formula is C15H41N. The molecule has 106 valence electrons. The van der Waals surface area contributed by atoms with Crippen molar-refractivity contribution in [3.05, 3.63) is 0 Å². The van der Waals surface area contributed by atoms with Gasteiger partial charge in [-0.2, -0.15) is 0 Å². The molecule has 1 heteroatoms. The Kier molecular flexibility index (Phi) is 112. The first kappa shape index (κ1) is 29.7. The maximum atomic E-state index is 2.21. The average molecular weight is 235 g/mol. The maximum absolute atomic E-state index is 2.21. The van der Waals surface area contributed by atoms with Crippen molar-refractivity contribution >= 4 is 0 Å². The van der Waals surface area contributed by atoms with Gasteiger partial charge in [0.05, 0.1) is 0 Å². The van der Waals surface area contributed by atoms with Gasteiger partial charge in [-0.05, 0) is 21.1 Å². The first-order valence-electron chi connectivity index (χ1n) is 7.17. The lowest BCUT2D eigenvalue weighted by molar-refractivity contribution is 0.505. The highest BCUT2D eigenvalue weighted by atomic mass is 15.0. The van der Waals surface area contributed by atoms with Crippen LogP contribution in [0.1, 0.15) is 81.1 Å². The quantitative estimate of drug-likeness (QED) is 0.581. The molecule has 0 amide bonds. The average Bonchev–Trinajstić information content (AvgIpc) is 2.25. The lowest BCUT2D eigenvalue weighted by Crippen LogP contribution is -1.99. The van der Waals surface area contributed by atoms with Gasteiger partial charge < -0.3 is 4.90 Å². The van der Waals surface area contributed by atoms with Crippen LogP contribution in [0.2, 0.25) is 0 Å². The highest BCUT2D eigenvalue weighted by molar-refractivity contribution is 4.24. The summed E-state index contributed by atoms with van der Waals surface area (Å²) < 4.78 is 0. The Morgan fingerprint density at radius 3 is 0.750 bits per heavy atom. The number of nitrogens with zero attached hydrogens (tertiary/aromatic N) is 1. The van der Waals surface area contributed by atoms with Crippen LogP contribution < -0.4 is 0 Å². The van der Waals surface area contributed by atoms with E-state index in [-0.39, 0.29) is 0 Å². The molecule has 0 N–H and O–H groups in total. The van der Waals surface area contributed by atoms with E-state index in [4.69, 9.17) is 0 Å². The van der Waals surface area contributed by atoms with E-state index in [1.165, 1.54) is 25.7 Å². The van der Waals surface area contributed by atoms with Crippen molar-refractivity contribution in [1.82, 2.24) is 4.90 Å². The van der Waals surface area contributed by atoms with Gasteiger partial charge in [-0.15, -0.1) is 0 Å². The van der Waals surface area contributed by atoms with Crippen LogP contribution in [0, 0.1) is 0 Å². The van der Waals surface area contributed by atoms with E-state index < -0.39 is 0 Å². The molecule has 0 fully saturated rings. The molecule has 0 aliphatic rings. The zero-order valence-corrected chi connectivity index (χ0v) is 14.3. The van der Waals surface area contributed by atoms with Crippen molar-refractivity contribution in [3.8, 4) is 0 Å². The molecule has 0 aromatic rings. The minimum Gasteiger partial charge on any atom is -0.312 e. The summed E-state index contributed by atoms with van der Waals surface area (Å²) in [5, 5.41) is 0. The smallest absolute Gasteiger partial charge is 0.0140 e. The minimum atomic E-state index is 1.25. The molecule has 0 radical (unpaired) electrons. The third kappa shape index (κ3) is 610. The minimum absolute atomic E-state index is 1.25. The van der Waals surface area contributed by atoms with E-state index in [0.717, 1.165) is 0 Å². The highest BCUT2D eigenvalue weighted by Crippen LogP contribution is 1.88. The summed E-state index contributed by atoms with van der Waals surface area (Å²) in [6.07, 6.45) is 5.33. The molecule has 1 nitrogen and oxygen atoms in total. The van der Waals surface area contributed by atoms with Gasteiger partial charge in [0, 0.05) is 0 Å². The van der Waals surface area contributed by atoms with Crippen LogP contribution in [0.5, 0.6) is 0 Å². The van der Waals surface area contributed by atoms with Gasteiger partial charge in [0.2, 0.25) is 0 Å². The molecule has 0 atom stereocenters. The third-order valence-electron chi connectivity index (χ3n) is 0.707. The number of rotatable bonds is 2. The molecule has 0 aromatic carbocycles. The van der Waals surface area contributed by atoms with Gasteiger partial charge in [0.15, 0.2) is 0 Å². The molecule has 0 rings (SSSR count). The van der Waals surface area contributed by atoms with Gasteiger partial charge in [-0.1, -0.05) is 81.1 Å². The van der Waals surface area contributed by atoms with Gasteiger partial charge in [0.25, 0.3) is 0 Å². The van der Waals surface area contributed by atoms with Gasteiger partial charge in [-0.3, -0.25) is 0 Å². The fourth-order valence-corrected chi connectivity index (χ4v) is 0.354. The molecule has 0 unspecified atom stereocenters. The summed E-state index contributed by atoms with van der Waals surface area (Å²) in [4.78, 5) is 2.00. The Morgan fingerprint density at radius 1 is 0.625 bits per heavy atom. The van der Waals surface area contributed by atoms with Crippen LogP contribution in [0.25, 0.3) is 0 Å². The second-order valence-electron chi connectivity index (χ2n) is 3.40. The molecule has 0 saturated heterocycles. The Morgan fingerprint density at radius 2 is 0.750 bits per heavy atom. The molecule has 0 aliphatic carbocycles. The topological polar surface area (TPSA) is 3.24 Å². The van der Waals surface area contributed by atoms with Crippen LogP contribution in [-0.4, -0.2) is 26.0 Å². The van der Waals surface area contributed by atoms with Gasteiger partial charge in [0.1, 0.15) is 0 Å². The molecule has 0 aromatic heterocycles. The van der Waals surface area contributed by atoms with Crippen molar-refractivity contribution in [2.45, 2.75) is 81.1 Å². The van der Waals surface area contributed by atoms with Gasteiger partial charge in [-0.25, -0.2) is 0 Å². The molecule has 16 heavy (non-hydrogen) atoms. The van der Waals surface area contributed by atoms with Crippen LogP contribution in [0.4, 0.5) is 0 Å². The monoisotopic (exact) mass is 235 g/mol. The predicted octanol–water partition coefficient (Wildman–Crippen LogP) is 5.84. The van der Waals surface area contributed by atoms with Crippen molar-refractivity contribution in [3.63, 3.8) is 0 Å². The van der Waals surface area contributed by atoms with E-state index in [9.17, 15) is 0 Å². The van der Waals surface area contributed by atoms with E-state index >= 15 is 0 Å². The largest absolute Gasteiger partial charge is 0.312 e. The summed E-state index contributed by atoms with van der Waals surface area (Å²) in [6, 6.07) is 0. The van der Waals surface area contributed by atoms with Crippen LogP contribution in [0.3, 0.4) is 0 Å². The van der Waals surface area contributed by atoms with E-state index in [2.05, 4.69) is 27.7 Å². The summed E-state index contributed by atoms with van der Waals surface area (Å²) in [7, 11) is 6.00. The van der Waals surface area contributed by atoms with Crippen LogP contribution >= 0.6 is 0 Å². The van der Waals surface area contributed by atoms with Crippen LogP contribution in [-0.2, 0) is 0 Å². The zero-order chi connectivity index (χ0) is 14.4. The van der Waals surface area contributed by atoms with Crippen molar-refractivity contribution in [2.24, 2.45) is 0 Å². The Hall–Kier alpha value is -0.0400. The van der Waals surface area contributed by atoms with E-state index in [1.807, 2.05) is 53.7 Å². The van der Waals surface area contributed by atoms with E-state index in [1.54, 1.807) is 0 Å². The standard InChI is InChI=1S/C5H12.C3H9N.C3H8.2C2H6/c1-3-5-4-2;1-4(2)3;1-3-2;2*1-2/h3-5H2,1-2H3;1-3H3;3H2,1-2H3;2*1-2H3. The summed E-state index contributed by atoms with van der Waals surface area (Å²) in [6.45, 7) is 16.7. The van der Waals surface area contributed by atoms with Crippen molar-refractivity contribution in [2.75, 3.05) is 21.1 Å². The summed E-state index contributed by atoms with van der Waals surface area (Å²) in [5.74, 6) is 0. The third-order valence-corrected chi connectivity index (χ3v) is 0.707. The summed E-state index contributed by atoms with van der Waals surface area (Å²) in [5.41, 5.74) is 0. The molecule has 0 spiro atoms. The lowest BCUT2D eigenvalue weighted by atomic mass is 10.3. The lowest BCUT2D eigenvalue weighted by Gasteiger charge is -1.90.